The molecule has 1 fully saturated rings. The molecule has 4 heterocycles. The number of aromatic nitrogens is 1. The van der Waals surface area contributed by atoms with E-state index >= 15 is 0 Å². The van der Waals surface area contributed by atoms with Crippen LogP contribution in [0, 0.1) is 0 Å². The SMILES string of the molecule is C[C@@H]1Cc2cc3c(cc2[C@@H](c2ccc(NC4CCN(CCCF)C4)cn2)N1CC(F)(F)F)OC(F)(F)O3. The van der Waals surface area contributed by atoms with Crippen molar-refractivity contribution in [3.63, 3.8) is 0 Å². The molecule has 0 amide bonds. The van der Waals surface area contributed by atoms with E-state index in [0.717, 1.165) is 25.2 Å². The standard InChI is InChI=1S/C25H28F6N4O2/c1-15-9-16-10-21-22(37-25(30,31)36-21)11-19(16)23(35(15)14-24(27,28)29)20-4-3-17(12-32-20)33-18-5-8-34(13-18)7-2-6-26/h3-4,10-12,15,18,23,33H,2,5-9,13-14H2,1H3/t15-,18?,23+/m1/s1. The molecule has 0 spiro atoms. The molecule has 37 heavy (non-hydrogen) atoms. The van der Waals surface area contributed by atoms with Gasteiger partial charge in [-0.1, -0.05) is 0 Å². The molecule has 1 unspecified atom stereocenters. The molecule has 0 saturated carbocycles. The lowest BCUT2D eigenvalue weighted by Gasteiger charge is -2.42. The molecule has 6 nitrogen and oxygen atoms in total. The Balaban J connectivity index is 1.41. The van der Waals surface area contributed by atoms with Crippen molar-refractivity contribution in [1.29, 1.82) is 0 Å². The molecule has 0 radical (unpaired) electrons. The van der Waals surface area contributed by atoms with Gasteiger partial charge in [0.05, 0.1) is 36.8 Å². The van der Waals surface area contributed by atoms with Crippen LogP contribution < -0.4 is 14.8 Å². The minimum Gasteiger partial charge on any atom is -0.395 e. The summed E-state index contributed by atoms with van der Waals surface area (Å²) in [6.07, 6.45) is -5.11. The second kappa shape index (κ2) is 9.86. The highest BCUT2D eigenvalue weighted by molar-refractivity contribution is 5.53. The highest BCUT2D eigenvalue weighted by atomic mass is 19.4. The highest BCUT2D eigenvalue weighted by Gasteiger charge is 2.46. The number of anilines is 1. The third-order valence-corrected chi connectivity index (χ3v) is 7.05. The smallest absolute Gasteiger partial charge is 0.395 e. The van der Waals surface area contributed by atoms with Crippen LogP contribution in [-0.2, 0) is 6.42 Å². The Labute approximate surface area is 210 Å². The summed E-state index contributed by atoms with van der Waals surface area (Å²) in [6, 6.07) is 4.89. The summed E-state index contributed by atoms with van der Waals surface area (Å²) in [6.45, 7) is 2.48. The molecular formula is C25H28F6N4O2. The molecule has 3 aliphatic rings. The van der Waals surface area contributed by atoms with E-state index in [2.05, 4.69) is 24.7 Å². The Morgan fingerprint density at radius 1 is 1.16 bits per heavy atom. The zero-order valence-electron chi connectivity index (χ0n) is 20.2. The second-order valence-electron chi connectivity index (χ2n) is 9.85. The lowest BCUT2D eigenvalue weighted by Crippen LogP contribution is -2.47. The van der Waals surface area contributed by atoms with Gasteiger partial charge >= 0.3 is 12.5 Å². The Hall–Kier alpha value is -2.73. The first-order valence-corrected chi connectivity index (χ1v) is 12.3. The van der Waals surface area contributed by atoms with Gasteiger partial charge < -0.3 is 19.7 Å². The molecule has 12 heteroatoms. The van der Waals surface area contributed by atoms with Gasteiger partial charge in [-0.15, -0.1) is 8.78 Å². The molecule has 2 aromatic rings. The number of benzene rings is 1. The van der Waals surface area contributed by atoms with E-state index in [9.17, 15) is 26.3 Å². The quantitative estimate of drug-likeness (QED) is 0.500. The largest absolute Gasteiger partial charge is 0.586 e. The normalized spacial score (nSPS) is 25.3. The number of ether oxygens (including phenoxy) is 2. The van der Waals surface area contributed by atoms with E-state index in [-0.39, 0.29) is 30.6 Å². The first-order valence-electron chi connectivity index (χ1n) is 12.3. The maximum Gasteiger partial charge on any atom is 0.586 e. The number of fused-ring (bicyclic) bond motifs is 2. The van der Waals surface area contributed by atoms with Crippen molar-refractivity contribution in [2.24, 2.45) is 0 Å². The van der Waals surface area contributed by atoms with E-state index < -0.39 is 31.1 Å². The van der Waals surface area contributed by atoms with Crippen molar-refractivity contribution < 1.29 is 35.8 Å². The van der Waals surface area contributed by atoms with Crippen LogP contribution in [0.3, 0.4) is 0 Å². The summed E-state index contributed by atoms with van der Waals surface area (Å²) < 4.78 is 89.6. The Morgan fingerprint density at radius 2 is 1.92 bits per heavy atom. The van der Waals surface area contributed by atoms with E-state index in [0.29, 0.717) is 29.8 Å². The predicted octanol–water partition coefficient (Wildman–Crippen LogP) is 5.15. The number of hydrogen-bond acceptors (Lipinski definition) is 6. The Bertz CT molecular complexity index is 1110. The minimum absolute atomic E-state index is 0.136. The number of likely N-dealkylation sites (tertiary alicyclic amines) is 1. The average molecular weight is 531 g/mol. The number of nitrogens with one attached hydrogen (secondary N) is 1. The zero-order valence-corrected chi connectivity index (χ0v) is 20.2. The summed E-state index contributed by atoms with van der Waals surface area (Å²) in [5, 5.41) is 3.39. The minimum atomic E-state index is -4.47. The van der Waals surface area contributed by atoms with Gasteiger partial charge in [-0.25, -0.2) is 0 Å². The van der Waals surface area contributed by atoms with Crippen molar-refractivity contribution >= 4 is 5.69 Å². The maximum atomic E-state index is 13.7. The van der Waals surface area contributed by atoms with Gasteiger partial charge in [-0.2, -0.15) is 13.2 Å². The molecular weight excluding hydrogens is 502 g/mol. The van der Waals surface area contributed by atoms with Crippen molar-refractivity contribution in [3.8, 4) is 11.5 Å². The van der Waals surface area contributed by atoms with Gasteiger partial charge in [-0.3, -0.25) is 14.3 Å². The average Bonchev–Trinajstić information content (AvgIpc) is 3.38. The van der Waals surface area contributed by atoms with E-state index in [1.807, 2.05) is 0 Å². The van der Waals surface area contributed by atoms with Crippen molar-refractivity contribution in [1.82, 2.24) is 14.8 Å². The third-order valence-electron chi connectivity index (χ3n) is 7.05. The number of rotatable bonds is 7. The summed E-state index contributed by atoms with van der Waals surface area (Å²) in [4.78, 5) is 7.97. The van der Waals surface area contributed by atoms with Crippen molar-refractivity contribution in [2.45, 2.75) is 56.8 Å². The van der Waals surface area contributed by atoms with Gasteiger partial charge in [0, 0.05) is 31.7 Å². The maximum absolute atomic E-state index is 13.7. The van der Waals surface area contributed by atoms with Crippen molar-refractivity contribution in [3.05, 3.63) is 47.3 Å². The van der Waals surface area contributed by atoms with Crippen LogP contribution in [0.15, 0.2) is 30.5 Å². The van der Waals surface area contributed by atoms with E-state index in [1.54, 1.807) is 25.3 Å². The molecule has 0 bridgehead atoms. The zero-order chi connectivity index (χ0) is 26.4. The third kappa shape index (κ3) is 5.74. The van der Waals surface area contributed by atoms with Gasteiger partial charge in [-0.05, 0) is 61.6 Å². The molecule has 1 saturated heterocycles. The number of nitrogens with zero attached hydrogens (tertiary/aromatic N) is 3. The fraction of sp³-hybridized carbons (Fsp3) is 0.560. The molecule has 3 aliphatic heterocycles. The lowest BCUT2D eigenvalue weighted by molar-refractivity contribution is -0.286. The fourth-order valence-electron chi connectivity index (χ4n) is 5.46. The Kier molecular flexibility index (Phi) is 6.90. The topological polar surface area (TPSA) is 49.9 Å². The molecule has 1 aromatic carbocycles. The molecule has 1 N–H and O–H groups in total. The van der Waals surface area contributed by atoms with Crippen molar-refractivity contribution in [2.75, 3.05) is 38.2 Å². The molecule has 202 valence electrons. The highest BCUT2D eigenvalue weighted by Crippen LogP contribution is 2.48. The summed E-state index contributed by atoms with van der Waals surface area (Å²) in [5.74, 6) is -0.351. The Morgan fingerprint density at radius 3 is 2.59 bits per heavy atom. The molecule has 5 rings (SSSR count). The van der Waals surface area contributed by atoms with Crippen LogP contribution in [0.4, 0.5) is 32.0 Å². The monoisotopic (exact) mass is 530 g/mol. The second-order valence-corrected chi connectivity index (χ2v) is 9.85. The molecule has 0 aliphatic carbocycles. The van der Waals surface area contributed by atoms with Crippen LogP contribution in [0.1, 0.15) is 42.6 Å². The van der Waals surface area contributed by atoms with Gasteiger partial charge in [0.25, 0.3) is 0 Å². The first kappa shape index (κ1) is 25.9. The number of hydrogen-bond donors (Lipinski definition) is 1. The summed E-state index contributed by atoms with van der Waals surface area (Å²) in [7, 11) is 0. The van der Waals surface area contributed by atoms with Crippen LogP contribution in [0.25, 0.3) is 0 Å². The van der Waals surface area contributed by atoms with Crippen LogP contribution in [0.5, 0.6) is 11.5 Å². The lowest BCUT2D eigenvalue weighted by atomic mass is 9.86. The van der Waals surface area contributed by atoms with E-state index in [4.69, 9.17) is 0 Å². The number of halogens is 6. The fourth-order valence-corrected chi connectivity index (χ4v) is 5.46. The van der Waals surface area contributed by atoms with Gasteiger partial charge in [0.1, 0.15) is 0 Å². The molecule has 3 atom stereocenters. The summed E-state index contributed by atoms with van der Waals surface area (Å²) >= 11 is 0. The number of pyridine rings is 1. The van der Waals surface area contributed by atoms with Gasteiger partial charge in [0.15, 0.2) is 11.5 Å². The predicted molar refractivity (Wildman–Crippen MR) is 124 cm³/mol. The van der Waals surface area contributed by atoms with Crippen LogP contribution >= 0.6 is 0 Å². The van der Waals surface area contributed by atoms with Crippen LogP contribution in [0.2, 0.25) is 0 Å². The first-order chi connectivity index (χ1) is 17.5. The van der Waals surface area contributed by atoms with E-state index in [1.165, 1.54) is 17.0 Å². The summed E-state index contributed by atoms with van der Waals surface area (Å²) in [5.41, 5.74) is 2.12. The number of alkyl halides is 6. The van der Waals surface area contributed by atoms with Crippen LogP contribution in [-0.4, -0.2) is 72.2 Å². The molecule has 1 aromatic heterocycles. The van der Waals surface area contributed by atoms with Gasteiger partial charge in [0.2, 0.25) is 0 Å².